The van der Waals surface area contributed by atoms with Crippen LogP contribution in [0.3, 0.4) is 0 Å². The predicted octanol–water partition coefficient (Wildman–Crippen LogP) is 3.53. The highest BCUT2D eigenvalue weighted by Gasteiger charge is 2.30. The average molecular weight is 397 g/mol. The number of nitrogens with zero attached hydrogens (tertiary/aromatic N) is 2. The van der Waals surface area contributed by atoms with Crippen molar-refractivity contribution in [3.05, 3.63) is 63.7 Å². The van der Waals surface area contributed by atoms with Crippen molar-refractivity contribution in [3.63, 3.8) is 0 Å². The first-order valence-corrected chi connectivity index (χ1v) is 8.15. The van der Waals surface area contributed by atoms with Crippen molar-refractivity contribution >= 4 is 17.3 Å². The average Bonchev–Trinajstić information content (AvgIpc) is 2.61. The molecule has 2 aromatic carbocycles. The summed E-state index contributed by atoms with van der Waals surface area (Å²) in [5.41, 5.74) is 1.18. The van der Waals surface area contributed by atoms with Gasteiger partial charge in [-0.2, -0.15) is 0 Å². The predicted molar refractivity (Wildman–Crippen MR) is 96.6 cm³/mol. The normalized spacial score (nSPS) is 11.0. The Hall–Kier alpha value is -3.30. The van der Waals surface area contributed by atoms with Gasteiger partial charge in [-0.05, 0) is 30.2 Å². The van der Waals surface area contributed by atoms with Crippen LogP contribution in [-0.2, 0) is 6.42 Å². The number of hydrogen-bond acceptors (Lipinski definition) is 5. The highest BCUT2D eigenvalue weighted by molar-refractivity contribution is 6.00. The Bertz CT molecular complexity index is 852. The SMILES string of the molecule is CN(C)c1ccc([N+](=O)[O-])cc1C(=O)NCCc1ccc(OC(F)(F)F)cc1. The number of rotatable bonds is 7. The summed E-state index contributed by atoms with van der Waals surface area (Å²) in [6, 6.07) is 9.32. The molecule has 0 aliphatic rings. The van der Waals surface area contributed by atoms with Crippen molar-refractivity contribution in [2.24, 2.45) is 0 Å². The molecule has 0 atom stereocenters. The van der Waals surface area contributed by atoms with E-state index >= 15 is 0 Å². The standard InChI is InChI=1S/C18H18F3N3O4/c1-23(2)16-8-5-13(24(26)27)11-15(16)17(25)22-10-9-12-3-6-14(7-4-12)28-18(19,20)21/h3-8,11H,9-10H2,1-2H3,(H,22,25). The molecule has 1 N–H and O–H groups in total. The fourth-order valence-corrected chi connectivity index (χ4v) is 2.48. The smallest absolute Gasteiger partial charge is 0.406 e. The second-order valence-electron chi connectivity index (χ2n) is 6.05. The van der Waals surface area contributed by atoms with E-state index in [4.69, 9.17) is 0 Å². The van der Waals surface area contributed by atoms with Gasteiger partial charge >= 0.3 is 6.36 Å². The van der Waals surface area contributed by atoms with Gasteiger partial charge in [0.1, 0.15) is 5.75 Å². The van der Waals surface area contributed by atoms with Gasteiger partial charge in [0.25, 0.3) is 11.6 Å². The first-order chi connectivity index (χ1) is 13.1. The molecule has 0 aliphatic heterocycles. The van der Waals surface area contributed by atoms with Gasteiger partial charge in [0, 0.05) is 38.5 Å². The number of ether oxygens (including phenoxy) is 1. The van der Waals surface area contributed by atoms with E-state index in [1.165, 1.54) is 42.5 Å². The van der Waals surface area contributed by atoms with E-state index in [-0.39, 0.29) is 23.5 Å². The molecule has 1 amide bonds. The van der Waals surface area contributed by atoms with Gasteiger partial charge in [-0.1, -0.05) is 12.1 Å². The molecule has 0 unspecified atom stereocenters. The number of amides is 1. The second-order valence-corrected chi connectivity index (χ2v) is 6.05. The minimum absolute atomic E-state index is 0.160. The largest absolute Gasteiger partial charge is 0.573 e. The lowest BCUT2D eigenvalue weighted by molar-refractivity contribution is -0.384. The summed E-state index contributed by atoms with van der Waals surface area (Å²) in [4.78, 5) is 24.5. The van der Waals surface area contributed by atoms with Crippen LogP contribution in [0.2, 0.25) is 0 Å². The zero-order valence-corrected chi connectivity index (χ0v) is 15.1. The third-order valence-corrected chi connectivity index (χ3v) is 3.77. The highest BCUT2D eigenvalue weighted by atomic mass is 19.4. The monoisotopic (exact) mass is 397 g/mol. The maximum absolute atomic E-state index is 12.4. The Labute approximate surface area is 158 Å². The fourth-order valence-electron chi connectivity index (χ4n) is 2.48. The summed E-state index contributed by atoms with van der Waals surface area (Å²) < 4.78 is 40.2. The molecule has 0 fully saturated rings. The summed E-state index contributed by atoms with van der Waals surface area (Å²) in [5.74, 6) is -0.808. The molecule has 2 aromatic rings. The number of carbonyl (C=O) groups excluding carboxylic acids is 1. The fraction of sp³-hybridized carbons (Fsp3) is 0.278. The van der Waals surface area contributed by atoms with Crippen molar-refractivity contribution in [2.75, 3.05) is 25.5 Å². The van der Waals surface area contributed by atoms with Crippen LogP contribution in [0.4, 0.5) is 24.5 Å². The van der Waals surface area contributed by atoms with E-state index in [0.717, 1.165) is 0 Å². The number of alkyl halides is 3. The lowest BCUT2D eigenvalue weighted by Crippen LogP contribution is -2.27. The van der Waals surface area contributed by atoms with Gasteiger partial charge in [-0.25, -0.2) is 0 Å². The first kappa shape index (κ1) is 21.0. The molecule has 0 saturated carbocycles. The van der Waals surface area contributed by atoms with Crippen LogP contribution in [0, 0.1) is 10.1 Å². The van der Waals surface area contributed by atoms with E-state index in [0.29, 0.717) is 17.7 Å². The van der Waals surface area contributed by atoms with E-state index < -0.39 is 17.2 Å². The van der Waals surface area contributed by atoms with Gasteiger partial charge in [0.05, 0.1) is 10.5 Å². The topological polar surface area (TPSA) is 84.7 Å². The number of halogens is 3. The molecule has 150 valence electrons. The Kier molecular flexibility index (Phi) is 6.45. The van der Waals surface area contributed by atoms with Crippen LogP contribution < -0.4 is 15.0 Å². The van der Waals surface area contributed by atoms with Crippen molar-refractivity contribution in [1.82, 2.24) is 5.32 Å². The van der Waals surface area contributed by atoms with Gasteiger partial charge in [0.15, 0.2) is 0 Å². The van der Waals surface area contributed by atoms with E-state index in [1.54, 1.807) is 19.0 Å². The van der Waals surface area contributed by atoms with Crippen molar-refractivity contribution < 1.29 is 27.6 Å². The molecule has 7 nitrogen and oxygen atoms in total. The molecule has 0 aromatic heterocycles. The van der Waals surface area contributed by atoms with Gasteiger partial charge < -0.3 is 15.0 Å². The Morgan fingerprint density at radius 2 is 1.82 bits per heavy atom. The van der Waals surface area contributed by atoms with E-state index in [9.17, 15) is 28.1 Å². The number of non-ortho nitro benzene ring substituents is 1. The van der Waals surface area contributed by atoms with E-state index in [2.05, 4.69) is 10.1 Å². The van der Waals surface area contributed by atoms with Crippen molar-refractivity contribution in [3.8, 4) is 5.75 Å². The number of benzene rings is 2. The Morgan fingerprint density at radius 1 is 1.18 bits per heavy atom. The molecule has 2 rings (SSSR count). The Morgan fingerprint density at radius 3 is 2.36 bits per heavy atom. The minimum atomic E-state index is -4.75. The van der Waals surface area contributed by atoms with Crippen LogP contribution in [0.25, 0.3) is 0 Å². The second kappa shape index (κ2) is 8.59. The maximum atomic E-state index is 12.4. The summed E-state index contributed by atoms with van der Waals surface area (Å²) in [5, 5.41) is 13.6. The highest BCUT2D eigenvalue weighted by Crippen LogP contribution is 2.25. The van der Waals surface area contributed by atoms with Gasteiger partial charge in [-0.15, -0.1) is 13.2 Å². The Balaban J connectivity index is 2.00. The quantitative estimate of drug-likeness (QED) is 0.571. The lowest BCUT2D eigenvalue weighted by Gasteiger charge is -2.17. The molecule has 0 aliphatic carbocycles. The molecule has 0 spiro atoms. The van der Waals surface area contributed by atoms with Gasteiger partial charge in [-0.3, -0.25) is 14.9 Å². The molecule has 0 bridgehead atoms. The molecule has 28 heavy (non-hydrogen) atoms. The number of nitro benzene ring substituents is 1. The third-order valence-electron chi connectivity index (χ3n) is 3.77. The summed E-state index contributed by atoms with van der Waals surface area (Å²) >= 11 is 0. The first-order valence-electron chi connectivity index (χ1n) is 8.15. The third kappa shape index (κ3) is 5.86. The molecule has 0 saturated heterocycles. The zero-order valence-electron chi connectivity index (χ0n) is 15.1. The van der Waals surface area contributed by atoms with E-state index in [1.807, 2.05) is 0 Å². The number of nitro groups is 1. The molecule has 10 heteroatoms. The van der Waals surface area contributed by atoms with Crippen LogP contribution in [-0.4, -0.2) is 37.8 Å². The van der Waals surface area contributed by atoms with Crippen LogP contribution in [0.5, 0.6) is 5.75 Å². The van der Waals surface area contributed by atoms with Gasteiger partial charge in [0.2, 0.25) is 0 Å². The van der Waals surface area contributed by atoms with Crippen molar-refractivity contribution in [2.45, 2.75) is 12.8 Å². The number of anilines is 1. The van der Waals surface area contributed by atoms with Crippen LogP contribution in [0.1, 0.15) is 15.9 Å². The van der Waals surface area contributed by atoms with Crippen LogP contribution in [0.15, 0.2) is 42.5 Å². The number of hydrogen-bond donors (Lipinski definition) is 1. The minimum Gasteiger partial charge on any atom is -0.406 e. The maximum Gasteiger partial charge on any atom is 0.573 e. The molecule has 0 heterocycles. The molecule has 0 radical (unpaired) electrons. The summed E-state index contributed by atoms with van der Waals surface area (Å²) in [6.07, 6.45) is -4.39. The van der Waals surface area contributed by atoms with Crippen LogP contribution >= 0.6 is 0 Å². The number of nitrogens with one attached hydrogen (secondary N) is 1. The summed E-state index contributed by atoms with van der Waals surface area (Å²) in [6.45, 7) is 0.202. The molecular formula is C18H18F3N3O4. The molecular weight excluding hydrogens is 379 g/mol. The van der Waals surface area contributed by atoms with Crippen molar-refractivity contribution in [1.29, 1.82) is 0 Å². The zero-order chi connectivity index (χ0) is 20.9. The summed E-state index contributed by atoms with van der Waals surface area (Å²) in [7, 11) is 3.42. The lowest BCUT2D eigenvalue weighted by atomic mass is 10.1. The number of carbonyl (C=O) groups is 1.